The van der Waals surface area contributed by atoms with Crippen LogP contribution in [-0.4, -0.2) is 29.9 Å². The van der Waals surface area contributed by atoms with Crippen LogP contribution in [0.2, 0.25) is 0 Å². The monoisotopic (exact) mass is 785 g/mol. The third-order valence-electron chi connectivity index (χ3n) is 11.2. The van der Waals surface area contributed by atoms with Crippen LogP contribution < -0.4 is 9.97 Å². The zero-order valence-electron chi connectivity index (χ0n) is 30.8. The molecule has 1 radical (unpaired) electrons. The van der Waals surface area contributed by atoms with E-state index in [1.165, 1.54) is 0 Å². The van der Waals surface area contributed by atoms with Crippen molar-refractivity contribution in [3.63, 3.8) is 0 Å². The maximum Gasteiger partial charge on any atom is 3.00 e. The number of hydrogen-bond donors (Lipinski definition) is 0. The summed E-state index contributed by atoms with van der Waals surface area (Å²) in [5.74, 6) is 2.14. The molecule has 2 aliphatic rings. The molecular formula is C49H27N8Ni. The molecule has 0 fully saturated rings. The van der Waals surface area contributed by atoms with Crippen LogP contribution in [0.25, 0.3) is 133 Å². The Hall–Kier alpha value is -7.35. The van der Waals surface area contributed by atoms with Crippen molar-refractivity contribution in [2.75, 3.05) is 0 Å². The number of nitrogens with zero attached hydrogens (tertiary/aromatic N) is 8. The van der Waals surface area contributed by atoms with E-state index in [9.17, 15) is 0 Å². The van der Waals surface area contributed by atoms with Crippen molar-refractivity contribution in [3.8, 4) is 45.6 Å². The molecule has 2 aliphatic heterocycles. The predicted octanol–water partition coefficient (Wildman–Crippen LogP) is 11.2. The summed E-state index contributed by atoms with van der Waals surface area (Å²) in [6.07, 6.45) is 0. The van der Waals surface area contributed by atoms with Crippen molar-refractivity contribution in [2.24, 2.45) is 0 Å². The van der Waals surface area contributed by atoms with Crippen molar-refractivity contribution in [1.29, 1.82) is 0 Å². The zero-order chi connectivity index (χ0) is 36.5. The van der Waals surface area contributed by atoms with Gasteiger partial charge >= 0.3 is 16.5 Å². The largest absolute Gasteiger partial charge is 3.00 e. The Morgan fingerprint density at radius 3 is 0.707 bits per heavy atom. The van der Waals surface area contributed by atoms with E-state index < -0.39 is 0 Å². The molecule has 8 nitrogen and oxygen atoms in total. The van der Waals surface area contributed by atoms with Crippen LogP contribution in [0.5, 0.6) is 0 Å². The third-order valence-corrected chi connectivity index (χ3v) is 11.2. The van der Waals surface area contributed by atoms with Crippen LogP contribution in [-0.2, 0) is 16.5 Å². The molecule has 0 N–H and O–H groups in total. The Bertz CT molecular complexity index is 3260. The first-order chi connectivity index (χ1) is 27.7. The molecule has 11 aromatic rings. The van der Waals surface area contributed by atoms with Crippen molar-refractivity contribution in [3.05, 3.63) is 153 Å². The minimum absolute atomic E-state index is 0. The third kappa shape index (κ3) is 5.00. The van der Waals surface area contributed by atoms with E-state index >= 15 is 0 Å². The summed E-state index contributed by atoms with van der Waals surface area (Å²) in [5.41, 5.74) is 5.67. The average Bonchev–Trinajstić information content (AvgIpc) is 3.95. The number of fused-ring (bicyclic) bond motifs is 24. The zero-order valence-corrected chi connectivity index (χ0v) is 31.7. The molecule has 8 aromatic carbocycles. The smallest absolute Gasteiger partial charge is 0.358 e. The number of aromatic nitrogens is 8. The maximum atomic E-state index is 5.24. The summed E-state index contributed by atoms with van der Waals surface area (Å²) in [7, 11) is 0. The van der Waals surface area contributed by atoms with Gasteiger partial charge in [0.15, 0.2) is 0 Å². The molecule has 0 atom stereocenters. The van der Waals surface area contributed by atoms with E-state index in [0.29, 0.717) is 45.9 Å². The van der Waals surface area contributed by atoms with Gasteiger partial charge in [-0.15, -0.1) is 0 Å². The van der Waals surface area contributed by atoms with Gasteiger partial charge in [-0.3, -0.25) is 0 Å². The molecule has 0 saturated carbocycles. The molecule has 58 heavy (non-hydrogen) atoms. The van der Waals surface area contributed by atoms with Crippen LogP contribution in [0.3, 0.4) is 0 Å². The van der Waals surface area contributed by atoms with Crippen molar-refractivity contribution in [2.45, 2.75) is 0 Å². The minimum atomic E-state index is 0. The van der Waals surface area contributed by atoms with Crippen LogP contribution in [0, 0.1) is 7.43 Å². The summed E-state index contributed by atoms with van der Waals surface area (Å²) in [5, 5.41) is 12.2. The Morgan fingerprint density at radius 2 is 0.483 bits per heavy atom. The molecule has 273 valence electrons. The van der Waals surface area contributed by atoms with Crippen LogP contribution in [0.4, 0.5) is 0 Å². The topological polar surface area (TPSA) is 106 Å². The first-order valence-corrected chi connectivity index (χ1v) is 18.5. The summed E-state index contributed by atoms with van der Waals surface area (Å²) in [6, 6.07) is 50.4. The van der Waals surface area contributed by atoms with E-state index in [0.717, 1.165) is 86.9 Å². The molecule has 8 bridgehead atoms. The van der Waals surface area contributed by atoms with Crippen LogP contribution in [0.15, 0.2) is 146 Å². The Morgan fingerprint density at radius 1 is 0.276 bits per heavy atom. The van der Waals surface area contributed by atoms with Crippen molar-refractivity contribution < 1.29 is 16.5 Å². The van der Waals surface area contributed by atoms with Crippen molar-refractivity contribution >= 4 is 87.2 Å². The second-order valence-electron chi connectivity index (χ2n) is 14.5. The van der Waals surface area contributed by atoms with Gasteiger partial charge in [-0.1, -0.05) is 97.1 Å². The molecule has 5 heterocycles. The summed E-state index contributed by atoms with van der Waals surface area (Å²) >= 11 is 0. The number of rotatable bonds is 0. The first kappa shape index (κ1) is 33.9. The van der Waals surface area contributed by atoms with Gasteiger partial charge in [0.2, 0.25) is 0 Å². The SMILES string of the molecule is [CH3-].[Ni+3].c1ccc2cc3c(cc2c1)-c1nc-3nc2[n-]c(nc3nc(nc4[n-]c(n1)c1cc5ccccc5cc41)-c1cc4ccccc4cc1-3)c1cc3ccccc3cc21. The van der Waals surface area contributed by atoms with E-state index in [4.69, 9.17) is 39.9 Å². The first-order valence-electron chi connectivity index (χ1n) is 18.5. The fraction of sp³-hybridized carbons (Fsp3) is 0. The molecular weight excluding hydrogens is 759 g/mol. The van der Waals surface area contributed by atoms with Gasteiger partial charge in [0.05, 0.1) is 23.3 Å². The number of hydrogen-bond acceptors (Lipinski definition) is 6. The quantitative estimate of drug-likeness (QED) is 0.110. The second-order valence-corrected chi connectivity index (χ2v) is 14.5. The Balaban J connectivity index is 0.00000193. The molecule has 0 unspecified atom stereocenters. The minimum Gasteiger partial charge on any atom is -0.358 e. The molecule has 9 heteroatoms. The fourth-order valence-electron chi connectivity index (χ4n) is 8.41. The van der Waals surface area contributed by atoms with Gasteiger partial charge < -0.3 is 37.3 Å². The average molecular weight is 787 g/mol. The van der Waals surface area contributed by atoms with Gasteiger partial charge in [-0.2, -0.15) is 0 Å². The number of benzene rings is 8. The van der Waals surface area contributed by atoms with Gasteiger partial charge in [-0.05, 0) is 113 Å². The molecule has 0 saturated heterocycles. The van der Waals surface area contributed by atoms with E-state index in [-0.39, 0.29) is 23.9 Å². The summed E-state index contributed by atoms with van der Waals surface area (Å²) in [4.78, 5) is 41.6. The Kier molecular flexibility index (Phi) is 7.36. The molecule has 13 rings (SSSR count). The molecule has 0 amide bonds. The van der Waals surface area contributed by atoms with Crippen LogP contribution >= 0.6 is 0 Å². The summed E-state index contributed by atoms with van der Waals surface area (Å²) < 4.78 is 0. The molecule has 3 aromatic heterocycles. The maximum absolute atomic E-state index is 5.24. The fourth-order valence-corrected chi connectivity index (χ4v) is 8.41. The summed E-state index contributed by atoms with van der Waals surface area (Å²) in [6.45, 7) is 0. The second kappa shape index (κ2) is 12.6. The molecule has 0 spiro atoms. The standard InChI is InChI=1S/C48H24N8.CH3.Ni/c1-2-10-26-18-34-33(17-25(26)9-1)41-49-42(34)54-44-37-21-29-13-5-6-14-30(29)22-38(37)46(51-44)56-48-40-24-32-16-8-7-15-31(32)23-39(40)47(52-48)55-45-36-20-28-12-4-3-11-27(28)19-35(36)43(50-45)53-41;;/h1-24H;1H3;/q-2;-1;+3. The predicted molar refractivity (Wildman–Crippen MR) is 230 cm³/mol. The van der Waals surface area contributed by atoms with E-state index in [2.05, 4.69) is 97.1 Å². The Labute approximate surface area is 340 Å². The normalized spacial score (nSPS) is 11.9. The van der Waals surface area contributed by atoms with Crippen molar-refractivity contribution in [1.82, 2.24) is 39.9 Å². The van der Waals surface area contributed by atoms with Gasteiger partial charge in [-0.25, -0.2) is 9.97 Å². The van der Waals surface area contributed by atoms with Gasteiger partial charge in [0, 0.05) is 44.8 Å². The van der Waals surface area contributed by atoms with E-state index in [1.54, 1.807) is 0 Å². The van der Waals surface area contributed by atoms with Gasteiger partial charge in [0.25, 0.3) is 0 Å². The van der Waals surface area contributed by atoms with Gasteiger partial charge in [0.1, 0.15) is 0 Å². The van der Waals surface area contributed by atoms with E-state index in [1.807, 2.05) is 48.5 Å². The van der Waals surface area contributed by atoms with Crippen LogP contribution in [0.1, 0.15) is 0 Å². The molecule has 0 aliphatic carbocycles.